The molecule has 592 valence electrons. The normalized spacial score (nSPS) is 10.3. The minimum Gasteiger partial charge on any atom is -0.305 e. The summed E-state index contributed by atoms with van der Waals surface area (Å²) in [5.41, 5.74) is 30.1. The van der Waals surface area contributed by atoms with E-state index in [0.717, 1.165) is 90.2 Å². The Morgan fingerprint density at radius 2 is 0.557 bits per heavy atom. The molecule has 6 heterocycles. The molecule has 0 N–H and O–H groups in total. The average Bonchev–Trinajstić information content (AvgIpc) is 1.67. The third-order valence-electron chi connectivity index (χ3n) is 19.8. The Labute approximate surface area is 741 Å². The predicted octanol–water partition coefficient (Wildman–Crippen LogP) is 25.7. The fourth-order valence-electron chi connectivity index (χ4n) is 13.8. The van der Waals surface area contributed by atoms with Gasteiger partial charge in [0.1, 0.15) is 0 Å². The van der Waals surface area contributed by atoms with Crippen LogP contribution >= 0.6 is 0 Å². The van der Waals surface area contributed by atoms with Crippen molar-refractivity contribution in [1.82, 2.24) is 54.1 Å². The Morgan fingerprint density at radius 3 is 0.926 bits per heavy atom. The first-order valence-electron chi connectivity index (χ1n) is 39.6. The first kappa shape index (κ1) is 85.3. The molecule has 122 heavy (non-hydrogen) atoms. The fourth-order valence-corrected chi connectivity index (χ4v) is 13.8. The first-order chi connectivity index (χ1) is 59.2. The van der Waals surface area contributed by atoms with Crippen LogP contribution in [0.3, 0.4) is 0 Å². The zero-order valence-corrected chi connectivity index (χ0v) is 72.4. The number of pyridine rings is 1. The van der Waals surface area contributed by atoms with Crippen molar-refractivity contribution in [2.45, 2.75) is 27.7 Å². The van der Waals surface area contributed by atoms with E-state index in [-0.39, 0.29) is 40.2 Å². The minimum absolute atomic E-state index is 0. The third-order valence-corrected chi connectivity index (χ3v) is 19.8. The van der Waals surface area contributed by atoms with Crippen LogP contribution in [0.5, 0.6) is 0 Å². The molecule has 0 spiro atoms. The van der Waals surface area contributed by atoms with Crippen molar-refractivity contribution in [2.24, 2.45) is 0 Å². The van der Waals surface area contributed by atoms with Gasteiger partial charge in [0.25, 0.3) is 0 Å². The summed E-state index contributed by atoms with van der Waals surface area (Å²) in [6, 6.07) is 150. The van der Waals surface area contributed by atoms with Gasteiger partial charge in [-0.2, -0.15) is 117 Å². The summed E-state index contributed by atoms with van der Waals surface area (Å²) in [6.45, 7) is 8.30. The van der Waals surface area contributed by atoms with Gasteiger partial charge in [0.15, 0.2) is 0 Å². The standard InChI is InChI=1S/2C21H15N2.2C17H15N2.C17H12N.C16H11N2.2Ir/c2*1-3-7-17(8-4-1)18-11-13-19(14-12-18)20-15-22-23(16-20)21-9-5-2-6-10-21;2*1-13-17(15-9-5-3-6-10-15)14(2)19(18-13)16-11-7-4-8-12-16;1-3-7-14(8-4-1)16-11-12-18-17(13-16)15-9-5-2-6-10-15;1-2-6-13(7-3-1)14-8-4-9-15(12-14)16-17-10-5-11-18-16;;/h2*1-9,11-16H;2*3-11H,1-2H3;1-9,11-13H;1-8,10-12H;;/q6*-1;2*+3. The second-order valence-electron chi connectivity index (χ2n) is 27.9. The maximum atomic E-state index is 4.64. The van der Waals surface area contributed by atoms with E-state index in [2.05, 4.69) is 281 Å². The van der Waals surface area contributed by atoms with Crippen molar-refractivity contribution < 1.29 is 40.2 Å². The molecule has 0 aliphatic heterocycles. The molecule has 0 atom stereocenters. The van der Waals surface area contributed by atoms with Crippen molar-refractivity contribution in [3.63, 3.8) is 0 Å². The Kier molecular flexibility index (Phi) is 30.2. The zero-order valence-electron chi connectivity index (χ0n) is 67.6. The van der Waals surface area contributed by atoms with E-state index in [9.17, 15) is 0 Å². The molecule has 0 amide bonds. The average molecular weight is 1930 g/mol. The molecule has 0 saturated carbocycles. The first-order valence-corrected chi connectivity index (χ1v) is 39.6. The van der Waals surface area contributed by atoms with Crippen LogP contribution in [-0.4, -0.2) is 54.1 Å². The van der Waals surface area contributed by atoms with Crippen LogP contribution in [0.4, 0.5) is 0 Å². The molecule has 0 unspecified atom stereocenters. The predicted molar refractivity (Wildman–Crippen MR) is 487 cm³/mol. The second-order valence-corrected chi connectivity index (χ2v) is 27.9. The maximum absolute atomic E-state index is 4.64. The molecule has 0 fully saturated rings. The molecular weight excluding hydrogens is 1850 g/mol. The number of hydrogen-bond acceptors (Lipinski definition) is 7. The van der Waals surface area contributed by atoms with Gasteiger partial charge in [-0.25, -0.2) is 0 Å². The van der Waals surface area contributed by atoms with E-state index in [4.69, 9.17) is 0 Å². The SMILES string of the molecule is Cc1nn(-c2[c-]cccc2)c(C)c1-c1ccccc1.Cc1nn(-c2[c-]cccc2)c(C)c1-c1ccccc1.[Ir+3].[Ir+3].[c-]1ccc(-c2ccccc2)cc1-c1ncccn1.[c-]1ccccc1-c1cc(-c2ccccc2)ccn1.[c-]1ccccc1-n1cc(-c2ccc(-c3ccccc3)cc2)cn1.[c-]1ccccc1-n1cc(-c2ccc(-c3ccccc3)cc2)cn1. The van der Waals surface area contributed by atoms with E-state index >= 15 is 0 Å². The molecule has 6 aromatic heterocycles. The topological polar surface area (TPSA) is 110 Å². The molecule has 14 aromatic carbocycles. The molecule has 13 heteroatoms. The van der Waals surface area contributed by atoms with E-state index in [1.54, 1.807) is 12.4 Å². The van der Waals surface area contributed by atoms with Gasteiger partial charge in [-0.05, 0) is 129 Å². The monoisotopic (exact) mass is 1930 g/mol. The Morgan fingerprint density at radius 1 is 0.238 bits per heavy atom. The molecule has 20 rings (SSSR count). The van der Waals surface area contributed by atoms with Gasteiger partial charge in [-0.15, -0.1) is 95.6 Å². The summed E-state index contributed by atoms with van der Waals surface area (Å²) in [5.74, 6) is 0.704. The number of aromatic nitrogens is 11. The molecule has 0 aliphatic carbocycles. The summed E-state index contributed by atoms with van der Waals surface area (Å²) in [5, 5.41) is 18.1. The molecule has 11 nitrogen and oxygen atoms in total. The van der Waals surface area contributed by atoms with E-state index in [0.29, 0.717) is 5.82 Å². The smallest absolute Gasteiger partial charge is 0.305 e. The van der Waals surface area contributed by atoms with Gasteiger partial charge in [0.2, 0.25) is 0 Å². The van der Waals surface area contributed by atoms with Gasteiger partial charge in [0, 0.05) is 64.6 Å². The molecule has 0 bridgehead atoms. The molecule has 20 aromatic rings. The molecule has 0 radical (unpaired) electrons. The van der Waals surface area contributed by atoms with Gasteiger partial charge >= 0.3 is 40.2 Å². The number of nitrogens with zero attached hydrogens (tertiary/aromatic N) is 11. The van der Waals surface area contributed by atoms with Crippen molar-refractivity contribution in [2.75, 3.05) is 0 Å². The van der Waals surface area contributed by atoms with Crippen molar-refractivity contribution in [3.05, 3.63) is 491 Å². The molecule has 0 aliphatic rings. The Balaban J connectivity index is 0.000000126. The van der Waals surface area contributed by atoms with Crippen LogP contribution < -0.4 is 0 Å². The summed E-state index contributed by atoms with van der Waals surface area (Å²) in [4.78, 5) is 12.9. The van der Waals surface area contributed by atoms with Gasteiger partial charge in [0.05, 0.1) is 29.6 Å². The quantitative estimate of drug-likeness (QED) is 0.0998. The van der Waals surface area contributed by atoms with Crippen LogP contribution in [0.25, 0.3) is 134 Å². The maximum Gasteiger partial charge on any atom is 3.00 e. The van der Waals surface area contributed by atoms with Crippen LogP contribution in [0.15, 0.2) is 432 Å². The summed E-state index contributed by atoms with van der Waals surface area (Å²) in [7, 11) is 0. The Hall–Kier alpha value is -14.6. The van der Waals surface area contributed by atoms with Crippen molar-refractivity contribution in [3.8, 4) is 134 Å². The minimum atomic E-state index is 0. The molecular formula is C109H83Ir2N11. The van der Waals surface area contributed by atoms with Crippen LogP contribution in [0, 0.1) is 64.1 Å². The van der Waals surface area contributed by atoms with Crippen molar-refractivity contribution >= 4 is 0 Å². The largest absolute Gasteiger partial charge is 3.00 e. The van der Waals surface area contributed by atoms with Gasteiger partial charge < -0.3 is 4.98 Å². The van der Waals surface area contributed by atoms with Gasteiger partial charge in [-0.1, -0.05) is 237 Å². The zero-order chi connectivity index (χ0) is 81.9. The second kappa shape index (κ2) is 43.2. The summed E-state index contributed by atoms with van der Waals surface area (Å²) >= 11 is 0. The number of para-hydroxylation sites is 4. The van der Waals surface area contributed by atoms with E-state index in [1.165, 1.54) is 61.2 Å². The van der Waals surface area contributed by atoms with Crippen LogP contribution in [0.2, 0.25) is 0 Å². The van der Waals surface area contributed by atoms with Crippen LogP contribution in [0.1, 0.15) is 22.8 Å². The Bertz CT molecular complexity index is 5980. The number of rotatable bonds is 14. The van der Waals surface area contributed by atoms with Crippen LogP contribution in [-0.2, 0) is 40.2 Å². The van der Waals surface area contributed by atoms with E-state index < -0.39 is 0 Å². The fraction of sp³-hybridized carbons (Fsp3) is 0.0367. The molecule has 0 saturated heterocycles. The van der Waals surface area contributed by atoms with E-state index in [1.807, 2.05) is 256 Å². The van der Waals surface area contributed by atoms with Crippen molar-refractivity contribution in [1.29, 1.82) is 0 Å². The third kappa shape index (κ3) is 22.2. The summed E-state index contributed by atoms with van der Waals surface area (Å²) in [6.07, 6.45) is 13.2. The number of benzene rings is 14. The number of aryl methyl sites for hydroxylation is 2. The number of hydrogen-bond donors (Lipinski definition) is 0. The van der Waals surface area contributed by atoms with Gasteiger partial charge in [-0.3, -0.25) is 28.7 Å². The summed E-state index contributed by atoms with van der Waals surface area (Å²) < 4.78 is 7.61.